The van der Waals surface area contributed by atoms with Gasteiger partial charge in [0.1, 0.15) is 5.75 Å². The molecule has 0 aliphatic carbocycles. The Kier molecular flexibility index (Phi) is 4.79. The quantitative estimate of drug-likeness (QED) is 0.843. The lowest BCUT2D eigenvalue weighted by molar-refractivity contribution is -0.140. The van der Waals surface area contributed by atoms with Gasteiger partial charge in [-0.15, -0.1) is 0 Å². The number of hydrogen-bond donors (Lipinski definition) is 2. The molecular weight excluding hydrogens is 346 g/mol. The Bertz CT molecular complexity index is 823. The highest BCUT2D eigenvalue weighted by atomic mass is 16.3. The Hall–Kier alpha value is -2.90. The van der Waals surface area contributed by atoms with Crippen LogP contribution in [0.15, 0.2) is 30.9 Å². The van der Waals surface area contributed by atoms with Crippen molar-refractivity contribution < 1.29 is 14.7 Å². The van der Waals surface area contributed by atoms with E-state index in [9.17, 15) is 14.7 Å². The van der Waals surface area contributed by atoms with Crippen LogP contribution in [0.2, 0.25) is 0 Å². The average Bonchev–Trinajstić information content (AvgIpc) is 3.20. The second-order valence-corrected chi connectivity index (χ2v) is 7.19. The molecule has 2 aromatic rings. The summed E-state index contributed by atoms with van der Waals surface area (Å²) in [5.74, 6) is 0.114. The van der Waals surface area contributed by atoms with Crippen LogP contribution in [0.3, 0.4) is 0 Å². The number of hydrogen-bond acceptors (Lipinski definition) is 5. The highest BCUT2D eigenvalue weighted by Crippen LogP contribution is 2.32. The van der Waals surface area contributed by atoms with Crippen LogP contribution in [0.5, 0.6) is 5.75 Å². The molecule has 4 heterocycles. The van der Waals surface area contributed by atoms with E-state index in [-0.39, 0.29) is 35.2 Å². The van der Waals surface area contributed by atoms with Gasteiger partial charge in [0.2, 0.25) is 5.91 Å². The molecule has 0 spiro atoms. The third-order valence-electron chi connectivity index (χ3n) is 5.60. The number of pyridine rings is 1. The molecule has 4 rings (SSSR count). The first-order valence-electron chi connectivity index (χ1n) is 9.33. The number of H-pyrrole nitrogens is 1. The molecule has 2 saturated heterocycles. The van der Waals surface area contributed by atoms with Crippen molar-refractivity contribution in [2.24, 2.45) is 5.92 Å². The number of nitrogens with zero attached hydrogens (tertiary/aromatic N) is 4. The molecule has 2 fully saturated rings. The molecule has 2 N–H and O–H groups in total. The van der Waals surface area contributed by atoms with Crippen molar-refractivity contribution in [2.45, 2.75) is 31.7 Å². The van der Waals surface area contributed by atoms with Crippen LogP contribution in [0, 0.1) is 5.92 Å². The molecule has 8 nitrogen and oxygen atoms in total. The Morgan fingerprint density at radius 2 is 2.26 bits per heavy atom. The van der Waals surface area contributed by atoms with Crippen LogP contribution < -0.4 is 0 Å². The molecule has 2 amide bonds. The summed E-state index contributed by atoms with van der Waals surface area (Å²) in [5.41, 5.74) is 1.11. The van der Waals surface area contributed by atoms with E-state index in [2.05, 4.69) is 15.0 Å². The summed E-state index contributed by atoms with van der Waals surface area (Å²) in [4.78, 5) is 40.1. The van der Waals surface area contributed by atoms with Gasteiger partial charge in [0.15, 0.2) is 5.69 Å². The molecule has 8 heteroatoms. The van der Waals surface area contributed by atoms with E-state index in [1.54, 1.807) is 23.5 Å². The van der Waals surface area contributed by atoms with Crippen LogP contribution in [-0.2, 0) is 11.2 Å². The minimum atomic E-state index is -0.243. The molecule has 2 aliphatic rings. The van der Waals surface area contributed by atoms with Crippen molar-refractivity contribution >= 4 is 11.8 Å². The van der Waals surface area contributed by atoms with E-state index in [4.69, 9.17) is 0 Å². The largest absolute Gasteiger partial charge is 0.505 e. The van der Waals surface area contributed by atoms with Gasteiger partial charge in [-0.05, 0) is 30.9 Å². The number of carbonyl (C=O) groups is 2. The van der Waals surface area contributed by atoms with Gasteiger partial charge in [-0.2, -0.15) is 0 Å². The predicted molar refractivity (Wildman–Crippen MR) is 96.9 cm³/mol. The van der Waals surface area contributed by atoms with Crippen molar-refractivity contribution in [2.75, 3.05) is 19.6 Å². The normalized spacial score (nSPS) is 22.6. The second-order valence-electron chi connectivity index (χ2n) is 7.19. The van der Waals surface area contributed by atoms with E-state index in [1.165, 1.54) is 12.3 Å². The molecule has 0 radical (unpaired) electrons. The van der Waals surface area contributed by atoms with Gasteiger partial charge in [0.05, 0.1) is 6.33 Å². The Labute approximate surface area is 157 Å². The lowest BCUT2D eigenvalue weighted by atomic mass is 9.83. The fourth-order valence-corrected chi connectivity index (χ4v) is 4.20. The zero-order chi connectivity index (χ0) is 18.8. The zero-order valence-electron chi connectivity index (χ0n) is 15.0. The molecule has 0 saturated carbocycles. The Morgan fingerprint density at radius 1 is 1.37 bits per heavy atom. The number of carbonyl (C=O) groups excluding carboxylic acids is 2. The zero-order valence-corrected chi connectivity index (χ0v) is 15.0. The van der Waals surface area contributed by atoms with Gasteiger partial charge in [0.25, 0.3) is 5.91 Å². The highest BCUT2D eigenvalue weighted by Gasteiger charge is 2.40. The van der Waals surface area contributed by atoms with Crippen molar-refractivity contribution in [3.05, 3.63) is 42.2 Å². The van der Waals surface area contributed by atoms with Crippen LogP contribution in [-0.4, -0.2) is 67.3 Å². The van der Waals surface area contributed by atoms with E-state index < -0.39 is 0 Å². The number of rotatable bonds is 4. The summed E-state index contributed by atoms with van der Waals surface area (Å²) < 4.78 is 0. The summed E-state index contributed by atoms with van der Waals surface area (Å²) >= 11 is 0. The third kappa shape index (κ3) is 3.51. The van der Waals surface area contributed by atoms with Crippen molar-refractivity contribution in [1.29, 1.82) is 0 Å². The van der Waals surface area contributed by atoms with Crippen molar-refractivity contribution in [3.8, 4) is 5.75 Å². The number of fused-ring (bicyclic) bond motifs is 1. The lowest BCUT2D eigenvalue weighted by Crippen LogP contribution is -2.57. The maximum atomic E-state index is 12.7. The van der Waals surface area contributed by atoms with Crippen LogP contribution in [0.4, 0.5) is 0 Å². The van der Waals surface area contributed by atoms with Gasteiger partial charge in [-0.25, -0.2) is 9.97 Å². The fourth-order valence-electron chi connectivity index (χ4n) is 4.20. The predicted octanol–water partition coefficient (Wildman–Crippen LogP) is 1.21. The second kappa shape index (κ2) is 7.38. The summed E-state index contributed by atoms with van der Waals surface area (Å²) in [6, 6.07) is 3.24. The molecule has 0 unspecified atom stereocenters. The first kappa shape index (κ1) is 17.5. The standard InChI is InChI=1S/C19H23N5O3/c25-16-2-1-7-21-18(16)19(27)23-8-6-15-13(11-23)3-4-17(26)24(15)9-5-14-10-20-12-22-14/h1-2,7,10,12-13,15,25H,3-6,8-9,11H2,(H,20,22)/t13-,15+/m0/s1. The van der Waals surface area contributed by atoms with Crippen molar-refractivity contribution in [1.82, 2.24) is 24.8 Å². The molecule has 2 aromatic heterocycles. The molecule has 2 atom stereocenters. The third-order valence-corrected chi connectivity index (χ3v) is 5.60. The maximum absolute atomic E-state index is 12.7. The van der Waals surface area contributed by atoms with Gasteiger partial charge >= 0.3 is 0 Å². The topological polar surface area (TPSA) is 102 Å². The minimum Gasteiger partial charge on any atom is -0.505 e. The number of likely N-dealkylation sites (tertiary alicyclic amines) is 2. The smallest absolute Gasteiger partial charge is 0.276 e. The lowest BCUT2D eigenvalue weighted by Gasteiger charge is -2.47. The molecule has 27 heavy (non-hydrogen) atoms. The van der Waals surface area contributed by atoms with E-state index >= 15 is 0 Å². The number of aromatic hydroxyl groups is 1. The number of aromatic nitrogens is 3. The van der Waals surface area contributed by atoms with E-state index in [0.717, 1.165) is 25.0 Å². The molecule has 142 valence electrons. The van der Waals surface area contributed by atoms with Crippen LogP contribution >= 0.6 is 0 Å². The monoisotopic (exact) mass is 369 g/mol. The Morgan fingerprint density at radius 3 is 3.04 bits per heavy atom. The van der Waals surface area contributed by atoms with Gasteiger partial charge in [0, 0.05) is 56.6 Å². The maximum Gasteiger partial charge on any atom is 0.276 e. The number of aromatic amines is 1. The highest BCUT2D eigenvalue weighted by molar-refractivity contribution is 5.94. The first-order valence-corrected chi connectivity index (χ1v) is 9.33. The summed E-state index contributed by atoms with van der Waals surface area (Å²) in [6.45, 7) is 1.81. The van der Waals surface area contributed by atoms with Crippen molar-refractivity contribution in [3.63, 3.8) is 0 Å². The molecule has 2 aliphatic heterocycles. The number of imidazole rings is 1. The minimum absolute atomic E-state index is 0.0929. The summed E-state index contributed by atoms with van der Waals surface area (Å²) in [6.07, 6.45) is 7.75. The van der Waals surface area contributed by atoms with Gasteiger partial charge < -0.3 is 19.9 Å². The number of amides is 2. The van der Waals surface area contributed by atoms with Gasteiger partial charge in [-0.3, -0.25) is 9.59 Å². The molecule has 0 aromatic carbocycles. The molecular formula is C19H23N5O3. The summed E-state index contributed by atoms with van der Waals surface area (Å²) in [7, 11) is 0. The SMILES string of the molecule is O=C(c1ncccc1O)N1CC[C@@H]2[C@@H](CCC(=O)N2CCc2cnc[nH]2)C1. The van der Waals surface area contributed by atoms with Crippen LogP contribution in [0.1, 0.15) is 35.4 Å². The first-order chi connectivity index (χ1) is 13.1. The van der Waals surface area contributed by atoms with Gasteiger partial charge in [-0.1, -0.05) is 0 Å². The average molecular weight is 369 g/mol. The van der Waals surface area contributed by atoms with E-state index in [1.807, 2.05) is 4.90 Å². The number of piperidine rings is 2. The molecule has 0 bridgehead atoms. The fraction of sp³-hybridized carbons (Fsp3) is 0.474. The number of nitrogens with one attached hydrogen (secondary N) is 1. The van der Waals surface area contributed by atoms with E-state index in [0.29, 0.717) is 26.1 Å². The van der Waals surface area contributed by atoms with Crippen LogP contribution in [0.25, 0.3) is 0 Å². The Balaban J connectivity index is 1.43. The summed E-state index contributed by atoms with van der Waals surface area (Å²) in [5, 5.41) is 9.91.